The highest BCUT2D eigenvalue weighted by Gasteiger charge is 2.35. The van der Waals surface area contributed by atoms with Crippen LogP contribution < -0.4 is 20.1 Å². The van der Waals surface area contributed by atoms with Crippen LogP contribution in [0.25, 0.3) is 0 Å². The average molecular weight is 421 g/mol. The molecule has 2 amide bonds. The monoisotopic (exact) mass is 421 g/mol. The highest BCUT2D eigenvalue weighted by atomic mass is 16.6. The van der Waals surface area contributed by atoms with Crippen LogP contribution in [-0.2, 0) is 9.53 Å². The number of nitrogens with zero attached hydrogens (tertiary/aromatic N) is 1. The van der Waals surface area contributed by atoms with Crippen molar-refractivity contribution in [2.75, 3.05) is 20.3 Å². The summed E-state index contributed by atoms with van der Waals surface area (Å²) in [5, 5.41) is 17.0. The maximum atomic E-state index is 12.6. The van der Waals surface area contributed by atoms with E-state index in [1.54, 1.807) is 13.8 Å². The van der Waals surface area contributed by atoms with Crippen LogP contribution in [0.5, 0.6) is 11.5 Å². The first-order chi connectivity index (χ1) is 14.4. The molecule has 10 nitrogen and oxygen atoms in total. The van der Waals surface area contributed by atoms with Gasteiger partial charge in [0, 0.05) is 11.8 Å². The molecule has 0 saturated carbocycles. The molecule has 0 aliphatic carbocycles. The van der Waals surface area contributed by atoms with Gasteiger partial charge in [-0.2, -0.15) is 0 Å². The lowest BCUT2D eigenvalue weighted by Crippen LogP contribution is -2.46. The van der Waals surface area contributed by atoms with Crippen LogP contribution in [0, 0.1) is 10.1 Å². The molecule has 0 aromatic heterocycles. The number of hydrogen-bond donors (Lipinski definition) is 2. The molecule has 1 atom stereocenters. The predicted octanol–water partition coefficient (Wildman–Crippen LogP) is 3.36. The molecule has 0 saturated heterocycles. The van der Waals surface area contributed by atoms with E-state index in [9.17, 15) is 19.7 Å². The van der Waals surface area contributed by atoms with Gasteiger partial charge in [0.05, 0.1) is 36.9 Å². The van der Waals surface area contributed by atoms with Gasteiger partial charge < -0.3 is 24.8 Å². The lowest BCUT2D eigenvalue weighted by atomic mass is 9.93. The fraction of sp³-hybridized carbons (Fsp3) is 0.500. The van der Waals surface area contributed by atoms with Crippen molar-refractivity contribution in [1.82, 2.24) is 10.6 Å². The molecular weight excluding hydrogens is 394 g/mol. The quantitative estimate of drug-likeness (QED) is 0.337. The number of amides is 2. The zero-order valence-electron chi connectivity index (χ0n) is 17.6. The summed E-state index contributed by atoms with van der Waals surface area (Å²) in [7, 11) is 1.24. The van der Waals surface area contributed by atoms with Crippen LogP contribution in [0.15, 0.2) is 23.4 Å². The van der Waals surface area contributed by atoms with E-state index in [2.05, 4.69) is 10.6 Å². The number of urea groups is 1. The number of unbranched alkanes of at least 4 members (excludes halogenated alkanes) is 1. The maximum Gasteiger partial charge on any atom is 0.337 e. The second kappa shape index (κ2) is 10.5. The van der Waals surface area contributed by atoms with Crippen LogP contribution in [0.1, 0.15) is 51.6 Å². The number of nitro benzene ring substituents is 1. The van der Waals surface area contributed by atoms with E-state index in [1.165, 1.54) is 19.2 Å². The van der Waals surface area contributed by atoms with E-state index in [-0.39, 0.29) is 36.0 Å². The van der Waals surface area contributed by atoms with E-state index in [4.69, 9.17) is 14.2 Å². The number of benzene rings is 1. The molecule has 1 heterocycles. The molecule has 10 heteroatoms. The molecule has 0 fully saturated rings. The molecule has 0 bridgehead atoms. The second-order valence-electron chi connectivity index (χ2n) is 6.51. The zero-order chi connectivity index (χ0) is 22.3. The SMILES string of the molecule is CCCCC1=C(C(=O)OC)C(c2cc(OCC)c(OCC)c([N+](=O)[O-])c2)NC(=O)N1. The summed E-state index contributed by atoms with van der Waals surface area (Å²) in [6.07, 6.45) is 2.06. The molecule has 1 aromatic rings. The summed E-state index contributed by atoms with van der Waals surface area (Å²) in [6.45, 7) is 5.89. The lowest BCUT2D eigenvalue weighted by molar-refractivity contribution is -0.386. The first-order valence-corrected chi connectivity index (χ1v) is 9.84. The Morgan fingerprint density at radius 3 is 2.47 bits per heavy atom. The Labute approximate surface area is 174 Å². The second-order valence-corrected chi connectivity index (χ2v) is 6.51. The Morgan fingerprint density at radius 1 is 1.20 bits per heavy atom. The van der Waals surface area contributed by atoms with E-state index in [0.29, 0.717) is 17.7 Å². The van der Waals surface area contributed by atoms with Gasteiger partial charge in [0.2, 0.25) is 5.75 Å². The molecule has 1 aromatic carbocycles. The molecule has 1 unspecified atom stereocenters. The van der Waals surface area contributed by atoms with Gasteiger partial charge in [0.1, 0.15) is 0 Å². The number of carbonyl (C=O) groups is 2. The van der Waals surface area contributed by atoms with E-state index in [0.717, 1.165) is 12.8 Å². The first-order valence-electron chi connectivity index (χ1n) is 9.84. The van der Waals surface area contributed by atoms with Crippen LogP contribution in [0.4, 0.5) is 10.5 Å². The Balaban J connectivity index is 2.69. The Hall–Kier alpha value is -3.30. The summed E-state index contributed by atoms with van der Waals surface area (Å²) in [5.74, 6) is -0.466. The molecular formula is C20H27N3O7. The van der Waals surface area contributed by atoms with Gasteiger partial charge in [0.15, 0.2) is 5.75 Å². The lowest BCUT2D eigenvalue weighted by Gasteiger charge is -2.29. The highest BCUT2D eigenvalue weighted by molar-refractivity contribution is 5.95. The van der Waals surface area contributed by atoms with Crippen molar-refractivity contribution in [3.8, 4) is 11.5 Å². The maximum absolute atomic E-state index is 12.6. The Bertz CT molecular complexity index is 851. The highest BCUT2D eigenvalue weighted by Crippen LogP contribution is 2.42. The van der Waals surface area contributed by atoms with E-state index in [1.807, 2.05) is 6.92 Å². The van der Waals surface area contributed by atoms with Gasteiger partial charge in [-0.25, -0.2) is 9.59 Å². The molecule has 0 spiro atoms. The molecule has 2 rings (SSSR count). The third kappa shape index (κ3) is 5.00. The summed E-state index contributed by atoms with van der Waals surface area (Å²) >= 11 is 0. The van der Waals surface area contributed by atoms with Crippen molar-refractivity contribution in [1.29, 1.82) is 0 Å². The van der Waals surface area contributed by atoms with E-state index < -0.39 is 23.0 Å². The minimum Gasteiger partial charge on any atom is -0.490 e. The van der Waals surface area contributed by atoms with Gasteiger partial charge in [-0.1, -0.05) is 13.3 Å². The summed E-state index contributed by atoms with van der Waals surface area (Å²) in [4.78, 5) is 36.0. The average Bonchev–Trinajstić information content (AvgIpc) is 2.72. The van der Waals surface area contributed by atoms with Crippen molar-refractivity contribution >= 4 is 17.7 Å². The number of rotatable bonds is 10. The van der Waals surface area contributed by atoms with Crippen LogP contribution in [0.2, 0.25) is 0 Å². The molecule has 2 N–H and O–H groups in total. The van der Waals surface area contributed by atoms with Crippen molar-refractivity contribution < 1.29 is 28.7 Å². The van der Waals surface area contributed by atoms with Gasteiger partial charge >= 0.3 is 17.7 Å². The van der Waals surface area contributed by atoms with Crippen LogP contribution >= 0.6 is 0 Å². The summed E-state index contributed by atoms with van der Waals surface area (Å²) in [6, 6.07) is 1.38. The largest absolute Gasteiger partial charge is 0.490 e. The third-order valence-corrected chi connectivity index (χ3v) is 4.52. The van der Waals surface area contributed by atoms with Crippen molar-refractivity contribution in [2.45, 2.75) is 46.1 Å². The predicted molar refractivity (Wildman–Crippen MR) is 108 cm³/mol. The van der Waals surface area contributed by atoms with Gasteiger partial charge in [0.25, 0.3) is 0 Å². The topological polar surface area (TPSA) is 129 Å². The number of ether oxygens (including phenoxy) is 3. The normalized spacial score (nSPS) is 15.9. The van der Waals surface area contributed by atoms with Crippen molar-refractivity contribution in [2.24, 2.45) is 0 Å². The summed E-state index contributed by atoms with van der Waals surface area (Å²) < 4.78 is 15.9. The Kier molecular flexibility index (Phi) is 8.02. The minimum absolute atomic E-state index is 0.00293. The number of hydrogen-bond acceptors (Lipinski definition) is 7. The van der Waals surface area contributed by atoms with E-state index >= 15 is 0 Å². The summed E-state index contributed by atoms with van der Waals surface area (Å²) in [5.41, 5.74) is 0.640. The fourth-order valence-electron chi connectivity index (χ4n) is 3.23. The van der Waals surface area contributed by atoms with Gasteiger partial charge in [-0.05, 0) is 38.3 Å². The fourth-order valence-corrected chi connectivity index (χ4v) is 3.23. The number of carbonyl (C=O) groups excluding carboxylic acids is 2. The number of nitro groups is 1. The molecule has 1 aliphatic rings. The number of allylic oxidation sites excluding steroid dienone is 1. The Morgan fingerprint density at radius 2 is 1.90 bits per heavy atom. The molecule has 30 heavy (non-hydrogen) atoms. The van der Waals surface area contributed by atoms with Crippen molar-refractivity contribution in [3.05, 3.63) is 39.1 Å². The number of esters is 1. The molecule has 0 radical (unpaired) electrons. The first kappa shape index (κ1) is 23.0. The van der Waals surface area contributed by atoms with Gasteiger partial charge in [-0.15, -0.1) is 0 Å². The number of methoxy groups -OCH3 is 1. The molecule has 164 valence electrons. The molecule has 1 aliphatic heterocycles. The standard InChI is InChI=1S/C20H27N3O7/c1-5-8-9-13-16(19(24)28-4)17(22-20(25)21-13)12-10-14(23(26)27)18(30-7-3)15(11-12)29-6-2/h10-11,17H,5-9H2,1-4H3,(H2,21,22,25). The smallest absolute Gasteiger partial charge is 0.337 e. The third-order valence-electron chi connectivity index (χ3n) is 4.52. The van der Waals surface area contributed by atoms with Crippen molar-refractivity contribution in [3.63, 3.8) is 0 Å². The zero-order valence-corrected chi connectivity index (χ0v) is 17.6. The van der Waals surface area contributed by atoms with Crippen LogP contribution in [0.3, 0.4) is 0 Å². The minimum atomic E-state index is -0.938. The number of nitrogens with one attached hydrogen (secondary N) is 2. The van der Waals surface area contributed by atoms with Crippen LogP contribution in [-0.4, -0.2) is 37.2 Å². The van der Waals surface area contributed by atoms with Gasteiger partial charge in [-0.3, -0.25) is 10.1 Å².